The van der Waals surface area contributed by atoms with Crippen molar-refractivity contribution in [3.8, 4) is 0 Å². The second kappa shape index (κ2) is 5.19. The molecule has 2 heteroatoms. The van der Waals surface area contributed by atoms with E-state index >= 15 is 0 Å². The van der Waals surface area contributed by atoms with Crippen molar-refractivity contribution in [2.45, 2.75) is 50.5 Å². The van der Waals surface area contributed by atoms with Gasteiger partial charge in [-0.1, -0.05) is 31.2 Å². The monoisotopic (exact) mass is 233 g/mol. The lowest BCUT2D eigenvalue weighted by molar-refractivity contribution is 0.0974. The smallest absolute Gasteiger partial charge is 0.0541 e. The quantitative estimate of drug-likeness (QED) is 0.842. The third-order valence-electron chi connectivity index (χ3n) is 4.25. The van der Waals surface area contributed by atoms with E-state index in [0.717, 1.165) is 32.1 Å². The lowest BCUT2D eigenvalue weighted by Gasteiger charge is -2.38. The van der Waals surface area contributed by atoms with Gasteiger partial charge >= 0.3 is 0 Å². The highest BCUT2D eigenvalue weighted by Gasteiger charge is 2.35. The Kier molecular flexibility index (Phi) is 3.85. The van der Waals surface area contributed by atoms with Gasteiger partial charge in [0.15, 0.2) is 0 Å². The number of aliphatic hydroxyl groups is 1. The van der Waals surface area contributed by atoms with Gasteiger partial charge in [0, 0.05) is 12.0 Å². The number of aryl methyl sites for hydroxylation is 1. The first kappa shape index (κ1) is 12.6. The normalized spacial score (nSPS) is 29.2. The van der Waals surface area contributed by atoms with Crippen LogP contribution in [0.3, 0.4) is 0 Å². The molecule has 0 saturated heterocycles. The van der Waals surface area contributed by atoms with E-state index in [1.54, 1.807) is 0 Å². The predicted molar refractivity (Wildman–Crippen MR) is 71.0 cm³/mol. The van der Waals surface area contributed by atoms with Crippen LogP contribution in [0.4, 0.5) is 0 Å². The van der Waals surface area contributed by atoms with Crippen LogP contribution in [-0.4, -0.2) is 17.8 Å². The molecule has 1 aliphatic rings. The van der Waals surface area contributed by atoms with Crippen molar-refractivity contribution in [3.63, 3.8) is 0 Å². The summed E-state index contributed by atoms with van der Waals surface area (Å²) in [7, 11) is 0. The molecule has 2 rings (SSSR count). The molecule has 0 radical (unpaired) electrons. The summed E-state index contributed by atoms with van der Waals surface area (Å²) < 4.78 is 0. The number of benzene rings is 1. The fourth-order valence-electron chi connectivity index (χ4n) is 2.89. The Labute approximate surface area is 104 Å². The lowest BCUT2D eigenvalue weighted by atomic mass is 9.68. The van der Waals surface area contributed by atoms with Crippen LogP contribution in [0.1, 0.15) is 43.7 Å². The molecule has 3 N–H and O–H groups in total. The Hall–Kier alpha value is -0.860. The van der Waals surface area contributed by atoms with Crippen LogP contribution in [0.25, 0.3) is 0 Å². The van der Waals surface area contributed by atoms with Gasteiger partial charge in [-0.05, 0) is 43.2 Å². The highest BCUT2D eigenvalue weighted by molar-refractivity contribution is 5.31. The second-order valence-electron chi connectivity index (χ2n) is 5.27. The van der Waals surface area contributed by atoms with Crippen LogP contribution < -0.4 is 5.73 Å². The maximum atomic E-state index is 9.64. The first-order valence-electron chi connectivity index (χ1n) is 6.68. The molecule has 1 aromatic carbocycles. The van der Waals surface area contributed by atoms with Crippen molar-refractivity contribution in [1.29, 1.82) is 0 Å². The van der Waals surface area contributed by atoms with Crippen molar-refractivity contribution in [3.05, 3.63) is 35.4 Å². The highest BCUT2D eigenvalue weighted by atomic mass is 16.3. The number of hydrogen-bond donors (Lipinski definition) is 2. The number of nitrogens with two attached hydrogens (primary N) is 1. The molecule has 0 aromatic heterocycles. The average molecular weight is 233 g/mol. The molecular weight excluding hydrogens is 210 g/mol. The maximum Gasteiger partial charge on any atom is 0.0541 e. The maximum absolute atomic E-state index is 9.64. The SMILES string of the molecule is CCc1cccc(C2(CN)CCC(O)CC2)c1. The molecule has 0 unspecified atom stereocenters. The van der Waals surface area contributed by atoms with Gasteiger partial charge in [-0.15, -0.1) is 0 Å². The van der Waals surface area contributed by atoms with E-state index in [1.165, 1.54) is 11.1 Å². The van der Waals surface area contributed by atoms with E-state index in [0.29, 0.717) is 6.54 Å². The first-order valence-corrected chi connectivity index (χ1v) is 6.68. The van der Waals surface area contributed by atoms with Crippen molar-refractivity contribution < 1.29 is 5.11 Å². The predicted octanol–water partition coefficient (Wildman–Crippen LogP) is 2.38. The molecule has 0 spiro atoms. The zero-order valence-electron chi connectivity index (χ0n) is 10.7. The molecule has 0 amide bonds. The van der Waals surface area contributed by atoms with E-state index in [1.807, 2.05) is 0 Å². The minimum Gasteiger partial charge on any atom is -0.393 e. The molecule has 1 saturated carbocycles. The summed E-state index contributed by atoms with van der Waals surface area (Å²) in [5, 5.41) is 9.64. The number of aliphatic hydroxyl groups excluding tert-OH is 1. The number of rotatable bonds is 3. The fourth-order valence-corrected chi connectivity index (χ4v) is 2.89. The molecule has 0 bridgehead atoms. The van der Waals surface area contributed by atoms with E-state index in [-0.39, 0.29) is 11.5 Å². The van der Waals surface area contributed by atoms with E-state index in [2.05, 4.69) is 31.2 Å². The van der Waals surface area contributed by atoms with Crippen LogP contribution in [0.5, 0.6) is 0 Å². The largest absolute Gasteiger partial charge is 0.393 e. The average Bonchev–Trinajstić information content (AvgIpc) is 2.40. The standard InChI is InChI=1S/C15H23NO/c1-2-12-4-3-5-13(10-12)15(11-16)8-6-14(17)7-9-15/h3-5,10,14,17H,2,6-9,11,16H2,1H3. The number of hydrogen-bond acceptors (Lipinski definition) is 2. The fraction of sp³-hybridized carbons (Fsp3) is 0.600. The summed E-state index contributed by atoms with van der Waals surface area (Å²) in [6, 6.07) is 8.80. The van der Waals surface area contributed by atoms with Crippen molar-refractivity contribution in [2.75, 3.05) is 6.54 Å². The summed E-state index contributed by atoms with van der Waals surface area (Å²) >= 11 is 0. The van der Waals surface area contributed by atoms with Gasteiger partial charge in [-0.25, -0.2) is 0 Å². The van der Waals surface area contributed by atoms with Crippen LogP contribution in [-0.2, 0) is 11.8 Å². The molecule has 94 valence electrons. The van der Waals surface area contributed by atoms with Gasteiger partial charge in [-0.2, -0.15) is 0 Å². The highest BCUT2D eigenvalue weighted by Crippen LogP contribution is 2.38. The van der Waals surface area contributed by atoms with Crippen LogP contribution >= 0.6 is 0 Å². The zero-order chi connectivity index (χ0) is 12.3. The van der Waals surface area contributed by atoms with E-state index in [9.17, 15) is 5.11 Å². The topological polar surface area (TPSA) is 46.2 Å². The van der Waals surface area contributed by atoms with Gasteiger partial charge in [0.1, 0.15) is 0 Å². The van der Waals surface area contributed by atoms with Crippen molar-refractivity contribution in [1.82, 2.24) is 0 Å². The molecule has 0 aliphatic heterocycles. The molecule has 1 fully saturated rings. The molecular formula is C15H23NO. The van der Waals surface area contributed by atoms with Gasteiger partial charge < -0.3 is 10.8 Å². The summed E-state index contributed by atoms with van der Waals surface area (Å²) in [6.07, 6.45) is 4.73. The molecule has 17 heavy (non-hydrogen) atoms. The molecule has 2 nitrogen and oxygen atoms in total. The van der Waals surface area contributed by atoms with E-state index < -0.39 is 0 Å². The molecule has 0 heterocycles. The Morgan fingerprint density at radius 2 is 2.06 bits per heavy atom. The van der Waals surface area contributed by atoms with Gasteiger partial charge in [0.05, 0.1) is 6.10 Å². The van der Waals surface area contributed by atoms with Crippen LogP contribution in [0.15, 0.2) is 24.3 Å². The minimum absolute atomic E-state index is 0.102. The van der Waals surface area contributed by atoms with Gasteiger partial charge in [0.25, 0.3) is 0 Å². The van der Waals surface area contributed by atoms with Gasteiger partial charge in [-0.3, -0.25) is 0 Å². The van der Waals surface area contributed by atoms with Crippen molar-refractivity contribution in [2.24, 2.45) is 5.73 Å². The summed E-state index contributed by atoms with van der Waals surface area (Å²) in [5.74, 6) is 0. The van der Waals surface area contributed by atoms with Crippen molar-refractivity contribution >= 4 is 0 Å². The molecule has 1 aromatic rings. The third kappa shape index (κ3) is 2.53. The van der Waals surface area contributed by atoms with E-state index in [4.69, 9.17) is 5.73 Å². The zero-order valence-corrected chi connectivity index (χ0v) is 10.7. The van der Waals surface area contributed by atoms with Crippen LogP contribution in [0, 0.1) is 0 Å². The van der Waals surface area contributed by atoms with Crippen LogP contribution in [0.2, 0.25) is 0 Å². The summed E-state index contributed by atoms with van der Waals surface area (Å²) in [6.45, 7) is 2.87. The summed E-state index contributed by atoms with van der Waals surface area (Å²) in [4.78, 5) is 0. The Morgan fingerprint density at radius 1 is 1.35 bits per heavy atom. The second-order valence-corrected chi connectivity index (χ2v) is 5.27. The Morgan fingerprint density at radius 3 is 2.65 bits per heavy atom. The first-order chi connectivity index (χ1) is 8.20. The van der Waals surface area contributed by atoms with Gasteiger partial charge in [0.2, 0.25) is 0 Å². The molecule has 0 atom stereocenters. The summed E-state index contributed by atoms with van der Waals surface area (Å²) in [5.41, 5.74) is 8.87. The lowest BCUT2D eigenvalue weighted by Crippen LogP contribution is -2.40. The third-order valence-corrected chi connectivity index (χ3v) is 4.25. The molecule has 1 aliphatic carbocycles. The Bertz CT molecular complexity index is 367. The minimum atomic E-state index is -0.121. The Balaban J connectivity index is 2.27.